The molecule has 0 aliphatic heterocycles. The largest absolute Gasteiger partial charge is 0.497 e. The zero-order valence-electron chi connectivity index (χ0n) is 19.5. The van der Waals surface area contributed by atoms with Gasteiger partial charge in [-0.25, -0.2) is 4.68 Å². The number of carbonyl (C=O) groups excluding carboxylic acids is 1. The molecule has 0 aliphatic rings. The Morgan fingerprint density at radius 1 is 1.00 bits per heavy atom. The van der Waals surface area contributed by atoms with Gasteiger partial charge in [-0.2, -0.15) is 18.3 Å². The lowest BCUT2D eigenvalue weighted by molar-refractivity contribution is -0.137. The van der Waals surface area contributed by atoms with Crippen LogP contribution in [-0.2, 0) is 12.7 Å². The topological polar surface area (TPSA) is 56.1 Å². The van der Waals surface area contributed by atoms with E-state index in [1.807, 2.05) is 56.3 Å². The van der Waals surface area contributed by atoms with Crippen molar-refractivity contribution in [1.29, 1.82) is 0 Å². The number of hydrogen-bond donors (Lipinski definition) is 1. The number of nitrogens with one attached hydrogen (secondary N) is 1. The van der Waals surface area contributed by atoms with Crippen LogP contribution in [0.5, 0.6) is 5.75 Å². The zero-order valence-corrected chi connectivity index (χ0v) is 19.5. The Kier molecular flexibility index (Phi) is 6.64. The van der Waals surface area contributed by atoms with E-state index in [1.165, 1.54) is 6.07 Å². The first kappa shape index (κ1) is 24.1. The summed E-state index contributed by atoms with van der Waals surface area (Å²) in [6, 6.07) is 19.7. The van der Waals surface area contributed by atoms with Crippen LogP contribution in [0.25, 0.3) is 16.9 Å². The number of alkyl halides is 3. The molecule has 0 aliphatic carbocycles. The van der Waals surface area contributed by atoms with Crippen LogP contribution >= 0.6 is 0 Å². The van der Waals surface area contributed by atoms with Gasteiger partial charge in [0.1, 0.15) is 11.4 Å². The molecule has 1 N–H and O–H groups in total. The number of amides is 1. The van der Waals surface area contributed by atoms with Crippen molar-refractivity contribution in [2.75, 3.05) is 7.11 Å². The molecule has 1 aromatic heterocycles. The summed E-state index contributed by atoms with van der Waals surface area (Å²) >= 11 is 0. The molecule has 0 radical (unpaired) electrons. The highest BCUT2D eigenvalue weighted by Gasteiger charge is 2.30. The smallest absolute Gasteiger partial charge is 0.416 e. The average Bonchev–Trinajstić information content (AvgIpc) is 3.29. The van der Waals surface area contributed by atoms with Gasteiger partial charge in [0.2, 0.25) is 0 Å². The molecule has 35 heavy (non-hydrogen) atoms. The van der Waals surface area contributed by atoms with Crippen molar-refractivity contribution in [3.05, 3.63) is 101 Å². The summed E-state index contributed by atoms with van der Waals surface area (Å²) in [5.41, 5.74) is 3.84. The van der Waals surface area contributed by atoms with Gasteiger partial charge in [-0.1, -0.05) is 36.4 Å². The molecular weight excluding hydrogens is 455 g/mol. The van der Waals surface area contributed by atoms with Crippen LogP contribution in [0.15, 0.2) is 72.8 Å². The minimum absolute atomic E-state index is 0.0603. The van der Waals surface area contributed by atoms with E-state index < -0.39 is 17.6 Å². The maximum atomic E-state index is 13.2. The monoisotopic (exact) mass is 479 g/mol. The van der Waals surface area contributed by atoms with Crippen molar-refractivity contribution in [3.63, 3.8) is 0 Å². The summed E-state index contributed by atoms with van der Waals surface area (Å²) in [7, 11) is 1.57. The number of halogens is 3. The van der Waals surface area contributed by atoms with E-state index in [0.717, 1.165) is 34.5 Å². The van der Waals surface area contributed by atoms with Gasteiger partial charge < -0.3 is 10.1 Å². The van der Waals surface area contributed by atoms with Crippen LogP contribution < -0.4 is 10.1 Å². The Balaban J connectivity index is 1.70. The molecule has 8 heteroatoms. The molecule has 0 spiro atoms. The number of aryl methyl sites for hydroxylation is 2. The first-order chi connectivity index (χ1) is 16.7. The van der Waals surface area contributed by atoms with E-state index >= 15 is 0 Å². The van der Waals surface area contributed by atoms with E-state index in [2.05, 4.69) is 5.32 Å². The second-order valence-corrected chi connectivity index (χ2v) is 8.23. The van der Waals surface area contributed by atoms with Crippen LogP contribution in [0.1, 0.15) is 32.7 Å². The van der Waals surface area contributed by atoms with Crippen molar-refractivity contribution in [2.45, 2.75) is 26.6 Å². The molecule has 4 aromatic rings. The predicted octanol–water partition coefficient (Wildman–Crippen LogP) is 6.11. The van der Waals surface area contributed by atoms with Crippen LogP contribution in [0.4, 0.5) is 13.2 Å². The predicted molar refractivity (Wildman–Crippen MR) is 128 cm³/mol. The number of ether oxygens (including phenoxy) is 1. The third-order valence-corrected chi connectivity index (χ3v) is 5.61. The molecule has 4 rings (SSSR count). The molecule has 0 saturated heterocycles. The molecule has 1 heterocycles. The molecule has 5 nitrogen and oxygen atoms in total. The van der Waals surface area contributed by atoms with Gasteiger partial charge >= 0.3 is 6.18 Å². The van der Waals surface area contributed by atoms with Crippen molar-refractivity contribution < 1.29 is 22.7 Å². The Morgan fingerprint density at radius 3 is 2.51 bits per heavy atom. The Bertz CT molecular complexity index is 1380. The summed E-state index contributed by atoms with van der Waals surface area (Å²) in [4.78, 5) is 13.2. The standard InChI is InChI=1S/C27H24F3N3O2/c1-17-10-11-18(2)24(12-17)33-25(15-23(32-33)20-7-5-9-22(14-20)35-3)26(34)31-16-19-6-4-8-21(13-19)27(28,29)30/h4-15H,16H2,1-3H3,(H,31,34). The van der Waals surface area contributed by atoms with Gasteiger partial charge in [0.05, 0.1) is 24.1 Å². The number of aromatic nitrogens is 2. The Morgan fingerprint density at radius 2 is 1.77 bits per heavy atom. The molecule has 0 atom stereocenters. The van der Waals surface area contributed by atoms with Gasteiger partial charge in [-0.15, -0.1) is 0 Å². The zero-order chi connectivity index (χ0) is 25.2. The van der Waals surface area contributed by atoms with Crippen molar-refractivity contribution in [3.8, 4) is 22.7 Å². The third kappa shape index (κ3) is 5.37. The fourth-order valence-corrected chi connectivity index (χ4v) is 3.73. The first-order valence-corrected chi connectivity index (χ1v) is 10.9. The Hall–Kier alpha value is -4.07. The summed E-state index contributed by atoms with van der Waals surface area (Å²) in [6.07, 6.45) is -4.45. The van der Waals surface area contributed by atoms with Gasteiger partial charge in [0.25, 0.3) is 5.91 Å². The van der Waals surface area contributed by atoms with E-state index in [4.69, 9.17) is 9.84 Å². The maximum Gasteiger partial charge on any atom is 0.416 e. The van der Waals surface area contributed by atoms with Gasteiger partial charge in [-0.3, -0.25) is 4.79 Å². The fraction of sp³-hybridized carbons (Fsp3) is 0.185. The normalized spacial score (nSPS) is 11.4. The van der Waals surface area contributed by atoms with Gasteiger partial charge in [0, 0.05) is 12.1 Å². The molecular formula is C27H24F3N3O2. The van der Waals surface area contributed by atoms with E-state index in [0.29, 0.717) is 17.0 Å². The van der Waals surface area contributed by atoms with E-state index in [9.17, 15) is 18.0 Å². The van der Waals surface area contributed by atoms with Crippen molar-refractivity contribution in [2.24, 2.45) is 0 Å². The van der Waals surface area contributed by atoms with Crippen LogP contribution in [0, 0.1) is 13.8 Å². The lowest BCUT2D eigenvalue weighted by Gasteiger charge is -2.12. The molecule has 0 saturated carbocycles. The maximum absolute atomic E-state index is 13.2. The quantitative estimate of drug-likeness (QED) is 0.363. The number of methoxy groups -OCH3 is 1. The highest BCUT2D eigenvalue weighted by atomic mass is 19.4. The third-order valence-electron chi connectivity index (χ3n) is 5.61. The summed E-state index contributed by atoms with van der Waals surface area (Å²) in [6.45, 7) is 3.81. The number of benzene rings is 3. The SMILES string of the molecule is COc1cccc(-c2cc(C(=O)NCc3cccc(C(F)(F)F)c3)n(-c3cc(C)ccc3C)n2)c1. The molecule has 0 fully saturated rings. The van der Waals surface area contributed by atoms with Crippen LogP contribution in [0.3, 0.4) is 0 Å². The van der Waals surface area contributed by atoms with E-state index in [1.54, 1.807) is 23.9 Å². The summed E-state index contributed by atoms with van der Waals surface area (Å²) < 4.78 is 46.0. The fourth-order valence-electron chi connectivity index (χ4n) is 3.73. The lowest BCUT2D eigenvalue weighted by Crippen LogP contribution is -2.25. The molecule has 0 bridgehead atoms. The second kappa shape index (κ2) is 9.66. The Labute approximate surface area is 201 Å². The van der Waals surface area contributed by atoms with Crippen LogP contribution in [0.2, 0.25) is 0 Å². The number of rotatable bonds is 6. The number of hydrogen-bond acceptors (Lipinski definition) is 3. The second-order valence-electron chi connectivity index (χ2n) is 8.23. The lowest BCUT2D eigenvalue weighted by atomic mass is 10.1. The number of nitrogens with zero attached hydrogens (tertiary/aromatic N) is 2. The van der Waals surface area contributed by atoms with Gasteiger partial charge in [-0.05, 0) is 66.9 Å². The average molecular weight is 480 g/mol. The van der Waals surface area contributed by atoms with Crippen LogP contribution in [-0.4, -0.2) is 22.8 Å². The first-order valence-electron chi connectivity index (χ1n) is 10.9. The highest BCUT2D eigenvalue weighted by molar-refractivity contribution is 5.94. The molecule has 1 amide bonds. The van der Waals surface area contributed by atoms with Crippen molar-refractivity contribution in [1.82, 2.24) is 15.1 Å². The van der Waals surface area contributed by atoms with E-state index in [-0.39, 0.29) is 12.2 Å². The molecule has 180 valence electrons. The molecule has 0 unspecified atom stereocenters. The van der Waals surface area contributed by atoms with Gasteiger partial charge in [0.15, 0.2) is 0 Å². The molecule has 3 aromatic carbocycles. The number of carbonyl (C=O) groups is 1. The van der Waals surface area contributed by atoms with Crippen molar-refractivity contribution >= 4 is 5.91 Å². The summed E-state index contributed by atoms with van der Waals surface area (Å²) in [5.74, 6) is 0.198. The minimum Gasteiger partial charge on any atom is -0.497 e. The minimum atomic E-state index is -4.45. The summed E-state index contributed by atoms with van der Waals surface area (Å²) in [5, 5.41) is 7.44. The highest BCUT2D eigenvalue weighted by Crippen LogP contribution is 2.30.